The Bertz CT molecular complexity index is 311. The monoisotopic (exact) mass is 379 g/mol. The van der Waals surface area contributed by atoms with E-state index in [1.807, 2.05) is 0 Å². The summed E-state index contributed by atoms with van der Waals surface area (Å²) in [5.41, 5.74) is 4.82. The number of rotatable bonds is 6. The van der Waals surface area contributed by atoms with E-state index in [1.165, 1.54) is 0 Å². The maximum Gasteiger partial charge on any atom is 2.00 e. The minimum atomic E-state index is -0.947. The molecule has 0 atom stereocenters. The molecule has 0 spiro atoms. The van der Waals surface area contributed by atoms with Gasteiger partial charge in [0.05, 0.1) is 0 Å². The molecule has 0 radical (unpaired) electrons. The normalized spacial score (nSPS) is 13.4. The molecule has 0 N–H and O–H groups in total. The largest absolute Gasteiger partial charge is 2.00 e. The third-order valence-electron chi connectivity index (χ3n) is 2.38. The number of allylic oxidation sites excluding steroid dienone is 2. The van der Waals surface area contributed by atoms with E-state index in [0.717, 1.165) is 0 Å². The molecule has 0 saturated heterocycles. The van der Waals surface area contributed by atoms with Crippen LogP contribution >= 0.6 is 0 Å². The van der Waals surface area contributed by atoms with Crippen LogP contribution < -0.4 is 0 Å². The Morgan fingerprint density at radius 1 is 0.478 bits per heavy atom. The second kappa shape index (κ2) is 11.0. The summed E-state index contributed by atoms with van der Waals surface area (Å²) in [6.07, 6.45) is 4.58. The van der Waals surface area contributed by atoms with Crippen LogP contribution in [-0.2, 0) is 0 Å². The predicted molar refractivity (Wildman–Crippen MR) is 126 cm³/mol. The van der Waals surface area contributed by atoms with Crippen molar-refractivity contribution in [1.82, 2.24) is 0 Å². The molecule has 0 aromatic rings. The second-order valence-electron chi connectivity index (χ2n) is 10.5. The first-order valence-electron chi connectivity index (χ1n) is 8.49. The molecule has 0 aliphatic rings. The second-order valence-corrected chi connectivity index (χ2v) is 30.8. The molecule has 23 heavy (non-hydrogen) atoms. The molecule has 0 aliphatic carbocycles. The molecular weight excluding hydrogens is 338 g/mol. The minimum absolute atomic E-state index is 0. The average Bonchev–Trinajstić information content (AvgIpc) is 2.08. The van der Waals surface area contributed by atoms with E-state index in [0.29, 0.717) is 0 Å². The molecule has 0 heterocycles. The van der Waals surface area contributed by atoms with Gasteiger partial charge >= 0.3 is 10.1 Å². The minimum Gasteiger partial charge on any atom is -0.235 e. The summed E-state index contributed by atoms with van der Waals surface area (Å²) in [7, 11) is -3.79. The van der Waals surface area contributed by atoms with E-state index in [2.05, 4.69) is 114 Å². The van der Waals surface area contributed by atoms with Gasteiger partial charge in [-0.05, 0) is 32.3 Å². The van der Waals surface area contributed by atoms with E-state index in [1.54, 1.807) is 0 Å². The van der Waals surface area contributed by atoms with Crippen LogP contribution in [0.3, 0.4) is 0 Å². The van der Waals surface area contributed by atoms with Crippen molar-refractivity contribution in [2.45, 2.75) is 78.6 Å². The average molecular weight is 380 g/mol. The van der Waals surface area contributed by atoms with Gasteiger partial charge in [0.1, 0.15) is 0 Å². The zero-order valence-corrected chi connectivity index (χ0v) is 22.2. The summed E-state index contributed by atoms with van der Waals surface area (Å²) in [6, 6.07) is 4.82. The van der Waals surface area contributed by atoms with Crippen molar-refractivity contribution >= 4 is 42.4 Å². The van der Waals surface area contributed by atoms with Gasteiger partial charge in [-0.15, -0.1) is 0 Å². The van der Waals surface area contributed by atoms with Crippen molar-refractivity contribution < 1.29 is 0 Å². The Morgan fingerprint density at radius 2 is 0.696 bits per heavy atom. The van der Waals surface area contributed by atoms with E-state index in [4.69, 9.17) is 0 Å². The van der Waals surface area contributed by atoms with Crippen LogP contribution in [0.1, 0.15) is 0 Å². The van der Waals surface area contributed by atoms with Crippen molar-refractivity contribution in [2.75, 3.05) is 0 Å². The Kier molecular flexibility index (Phi) is 13.4. The topological polar surface area (TPSA) is 0 Å². The maximum atomic E-state index is 2.41. The smallest absolute Gasteiger partial charge is 0.235 e. The van der Waals surface area contributed by atoms with Crippen LogP contribution in [0.2, 0.25) is 78.6 Å². The summed E-state index contributed by atoms with van der Waals surface area (Å²) in [5.74, 6) is 0. The fourth-order valence-electron chi connectivity index (χ4n) is 1.25. The third kappa shape index (κ3) is 34.6. The van der Waals surface area contributed by atoms with Crippen molar-refractivity contribution in [1.29, 1.82) is 0 Å². The molecule has 0 fully saturated rings. The van der Waals surface area contributed by atoms with Crippen molar-refractivity contribution in [3.05, 3.63) is 35.6 Å². The number of hydrogen-bond acceptors (Lipinski definition) is 0. The van der Waals surface area contributed by atoms with Crippen molar-refractivity contribution in [3.63, 3.8) is 0 Å². The molecule has 0 rings (SSSR count). The first kappa shape index (κ1) is 28.1. The van der Waals surface area contributed by atoms with Crippen LogP contribution in [0, 0.1) is 12.1 Å². The zero-order valence-electron chi connectivity index (χ0n) is 18.2. The van der Waals surface area contributed by atoms with E-state index >= 15 is 0 Å². The third-order valence-corrected chi connectivity index (χ3v) is 7.15. The van der Waals surface area contributed by atoms with Crippen LogP contribution in [0.25, 0.3) is 0 Å². The van der Waals surface area contributed by atoms with Gasteiger partial charge in [-0.1, -0.05) is 78.6 Å². The van der Waals surface area contributed by atoms with Gasteiger partial charge in [0.2, 0.25) is 0 Å². The molecule has 132 valence electrons. The molecule has 0 aliphatic heterocycles. The summed E-state index contributed by atoms with van der Waals surface area (Å²) in [4.78, 5) is 0. The van der Waals surface area contributed by atoms with Crippen LogP contribution in [-0.4, -0.2) is 42.4 Å². The Morgan fingerprint density at radius 3 is 0.826 bits per heavy atom. The Labute approximate surface area is 156 Å². The van der Waals surface area contributed by atoms with Gasteiger partial charge in [0.15, 0.2) is 0 Å². The molecule has 0 aromatic heterocycles. The molecule has 0 saturated carbocycles. The van der Waals surface area contributed by atoms with Crippen LogP contribution in [0.4, 0.5) is 0 Å². The molecule has 5 heteroatoms. The number of hydrogen-bond donors (Lipinski definition) is 0. The fourth-order valence-corrected chi connectivity index (χ4v) is 4.33. The summed E-state index contributed by atoms with van der Waals surface area (Å²) in [5, 5.41) is 0. The summed E-state index contributed by atoms with van der Waals surface area (Å²) >= 11 is 0. The van der Waals surface area contributed by atoms with Gasteiger partial charge in [0.25, 0.3) is 0 Å². The van der Waals surface area contributed by atoms with Crippen molar-refractivity contribution in [3.8, 4) is 0 Å². The van der Waals surface area contributed by atoms with E-state index < -0.39 is 32.3 Å². The SMILES string of the molecule is C[Si](C)(C)/C=C/[CH-][Si](C)(C)C.C[Si](C)(C)/C=C/[CH-][Si](C)(C)C.[Be+2]. The quantitative estimate of drug-likeness (QED) is 0.359. The van der Waals surface area contributed by atoms with Gasteiger partial charge in [-0.25, -0.2) is 35.6 Å². The van der Waals surface area contributed by atoms with Crippen LogP contribution in [0.15, 0.2) is 23.6 Å². The first-order valence-corrected chi connectivity index (χ1v) is 22.8. The molecular formula is C18H42BeSi4. The molecule has 0 nitrogen and oxygen atoms in total. The summed E-state index contributed by atoms with van der Waals surface area (Å²) < 4.78 is 0. The summed E-state index contributed by atoms with van der Waals surface area (Å²) in [6.45, 7) is 28.4. The Hall–Kier alpha value is 0.256. The van der Waals surface area contributed by atoms with E-state index in [-0.39, 0.29) is 10.1 Å². The van der Waals surface area contributed by atoms with Gasteiger partial charge in [-0.3, -0.25) is 0 Å². The predicted octanol–water partition coefficient (Wildman–Crippen LogP) is 6.62. The molecule has 0 amide bonds. The van der Waals surface area contributed by atoms with Gasteiger partial charge in [-0.2, -0.15) is 0 Å². The van der Waals surface area contributed by atoms with Gasteiger partial charge in [0, 0.05) is 0 Å². The zero-order chi connectivity index (χ0) is 18.2. The first-order chi connectivity index (χ1) is 9.41. The molecule has 0 bridgehead atoms. The fraction of sp³-hybridized carbons (Fsp3) is 0.667. The van der Waals surface area contributed by atoms with Crippen LogP contribution in [0.5, 0.6) is 0 Å². The molecule has 0 unspecified atom stereocenters. The van der Waals surface area contributed by atoms with Crippen molar-refractivity contribution in [2.24, 2.45) is 0 Å². The van der Waals surface area contributed by atoms with E-state index in [9.17, 15) is 0 Å². The van der Waals surface area contributed by atoms with Gasteiger partial charge < -0.3 is 0 Å². The standard InChI is InChI=1S/2C9H21Si2.Be/c2*1-10(2,3)8-7-9-11(4,5)6;/h2*7-9H,1-6H3;/q2*-1;+2/b2*8-7+;. The maximum absolute atomic E-state index is 2.41. The molecule has 0 aromatic carbocycles. The Balaban J connectivity index is -0.000000333.